The third-order valence-corrected chi connectivity index (χ3v) is 2.14. The predicted molar refractivity (Wildman–Crippen MR) is 63.2 cm³/mol. The molecule has 0 amide bonds. The molecule has 0 aromatic heterocycles. The van der Waals surface area contributed by atoms with Crippen LogP contribution in [0, 0.1) is 5.41 Å². The van der Waals surface area contributed by atoms with Crippen LogP contribution in [0.1, 0.15) is 5.56 Å². The van der Waals surface area contributed by atoms with Gasteiger partial charge < -0.3 is 20.5 Å². The Balaban J connectivity index is 2.67. The summed E-state index contributed by atoms with van der Waals surface area (Å²) < 4.78 is 10.3. The van der Waals surface area contributed by atoms with Gasteiger partial charge in [-0.15, -0.1) is 0 Å². The number of hydrogen-bond donors (Lipinski definition) is 3. The normalized spacial score (nSPS) is 9.62. The molecule has 16 heavy (non-hydrogen) atoms. The van der Waals surface area contributed by atoms with Crippen molar-refractivity contribution >= 4 is 5.96 Å². The van der Waals surface area contributed by atoms with E-state index in [1.54, 1.807) is 14.2 Å². The van der Waals surface area contributed by atoms with Crippen molar-refractivity contribution in [2.45, 2.75) is 6.42 Å². The fraction of sp³-hybridized carbons (Fsp3) is 0.364. The topological polar surface area (TPSA) is 80.4 Å². The monoisotopic (exact) mass is 223 g/mol. The maximum Gasteiger partial charge on any atom is 0.185 e. The van der Waals surface area contributed by atoms with Gasteiger partial charge in [-0.3, -0.25) is 5.41 Å². The lowest BCUT2D eigenvalue weighted by Gasteiger charge is -2.09. The van der Waals surface area contributed by atoms with Crippen LogP contribution in [0.25, 0.3) is 0 Å². The number of hydrogen-bond acceptors (Lipinski definition) is 3. The quantitative estimate of drug-likeness (QED) is 0.508. The highest BCUT2D eigenvalue weighted by Gasteiger charge is 2.01. The van der Waals surface area contributed by atoms with Crippen molar-refractivity contribution in [1.29, 1.82) is 5.41 Å². The van der Waals surface area contributed by atoms with Crippen LogP contribution >= 0.6 is 0 Å². The lowest BCUT2D eigenvalue weighted by Crippen LogP contribution is -2.31. The molecule has 1 aromatic rings. The molecule has 0 aliphatic heterocycles. The van der Waals surface area contributed by atoms with E-state index in [1.807, 2.05) is 18.2 Å². The van der Waals surface area contributed by atoms with Crippen LogP contribution < -0.4 is 20.5 Å². The van der Waals surface area contributed by atoms with Gasteiger partial charge in [0, 0.05) is 12.6 Å². The Kier molecular flexibility index (Phi) is 4.44. The predicted octanol–water partition coefficient (Wildman–Crippen LogP) is 0.729. The van der Waals surface area contributed by atoms with Gasteiger partial charge in [0.15, 0.2) is 5.96 Å². The van der Waals surface area contributed by atoms with Gasteiger partial charge in [-0.05, 0) is 24.1 Å². The summed E-state index contributed by atoms with van der Waals surface area (Å²) in [6.07, 6.45) is 0.757. The Morgan fingerprint density at radius 2 is 1.81 bits per heavy atom. The third kappa shape index (κ3) is 3.68. The molecule has 0 aliphatic rings. The molecule has 0 radical (unpaired) electrons. The Hall–Kier alpha value is -1.91. The van der Waals surface area contributed by atoms with E-state index < -0.39 is 0 Å². The van der Waals surface area contributed by atoms with Crippen molar-refractivity contribution < 1.29 is 9.47 Å². The lowest BCUT2D eigenvalue weighted by molar-refractivity contribution is 0.393. The second-order valence-electron chi connectivity index (χ2n) is 3.31. The van der Waals surface area contributed by atoms with E-state index in [4.69, 9.17) is 20.6 Å². The van der Waals surface area contributed by atoms with Gasteiger partial charge in [0.1, 0.15) is 11.5 Å². The van der Waals surface area contributed by atoms with Crippen LogP contribution in [0.4, 0.5) is 0 Å². The fourth-order valence-electron chi connectivity index (χ4n) is 1.35. The molecule has 4 N–H and O–H groups in total. The Morgan fingerprint density at radius 3 is 2.25 bits per heavy atom. The highest BCUT2D eigenvalue weighted by atomic mass is 16.5. The average molecular weight is 223 g/mol. The van der Waals surface area contributed by atoms with Gasteiger partial charge in [0.25, 0.3) is 0 Å². The number of rotatable bonds is 5. The van der Waals surface area contributed by atoms with Crippen LogP contribution in [-0.4, -0.2) is 26.7 Å². The molecule has 0 aliphatic carbocycles. The van der Waals surface area contributed by atoms with Gasteiger partial charge in [-0.2, -0.15) is 0 Å². The number of nitrogens with one attached hydrogen (secondary N) is 2. The van der Waals surface area contributed by atoms with Crippen LogP contribution in [0.2, 0.25) is 0 Å². The van der Waals surface area contributed by atoms with E-state index in [2.05, 4.69) is 5.32 Å². The van der Waals surface area contributed by atoms with Crippen LogP contribution in [0.3, 0.4) is 0 Å². The summed E-state index contributed by atoms with van der Waals surface area (Å²) in [6.45, 7) is 0.617. The second kappa shape index (κ2) is 5.85. The van der Waals surface area contributed by atoms with E-state index in [-0.39, 0.29) is 5.96 Å². The maximum absolute atomic E-state index is 7.03. The lowest BCUT2D eigenvalue weighted by atomic mass is 10.1. The third-order valence-electron chi connectivity index (χ3n) is 2.14. The first-order valence-electron chi connectivity index (χ1n) is 4.95. The smallest absolute Gasteiger partial charge is 0.185 e. The van der Waals surface area contributed by atoms with Crippen molar-refractivity contribution in [1.82, 2.24) is 5.32 Å². The molecule has 5 nitrogen and oxygen atoms in total. The summed E-state index contributed by atoms with van der Waals surface area (Å²) >= 11 is 0. The molecule has 5 heteroatoms. The Labute approximate surface area is 95.1 Å². The number of nitrogens with two attached hydrogens (primary N) is 1. The average Bonchev–Trinajstić information content (AvgIpc) is 2.28. The largest absolute Gasteiger partial charge is 0.497 e. The Bertz CT molecular complexity index is 344. The van der Waals surface area contributed by atoms with Crippen molar-refractivity contribution in [3.05, 3.63) is 23.8 Å². The van der Waals surface area contributed by atoms with Gasteiger partial charge in [-0.25, -0.2) is 0 Å². The highest BCUT2D eigenvalue weighted by molar-refractivity contribution is 5.74. The van der Waals surface area contributed by atoms with E-state index in [0.29, 0.717) is 6.54 Å². The van der Waals surface area contributed by atoms with E-state index >= 15 is 0 Å². The minimum absolute atomic E-state index is 0.0186. The van der Waals surface area contributed by atoms with E-state index in [1.165, 1.54) is 0 Å². The standard InChI is InChI=1S/C11H17N3O2/c1-15-9-5-8(3-4-14-11(12)13)6-10(7-9)16-2/h5-7H,3-4H2,1-2H3,(H4,12,13,14). The molecule has 0 spiro atoms. The van der Waals surface area contributed by atoms with E-state index in [9.17, 15) is 0 Å². The molecular formula is C11H17N3O2. The van der Waals surface area contributed by atoms with Gasteiger partial charge >= 0.3 is 0 Å². The molecule has 0 saturated carbocycles. The molecule has 1 aromatic carbocycles. The van der Waals surface area contributed by atoms with Gasteiger partial charge in [0.2, 0.25) is 0 Å². The zero-order valence-electron chi connectivity index (χ0n) is 9.54. The highest BCUT2D eigenvalue weighted by Crippen LogP contribution is 2.22. The zero-order chi connectivity index (χ0) is 12.0. The minimum Gasteiger partial charge on any atom is -0.497 e. The number of methoxy groups -OCH3 is 2. The number of guanidine groups is 1. The number of benzene rings is 1. The van der Waals surface area contributed by atoms with Crippen molar-refractivity contribution in [2.75, 3.05) is 20.8 Å². The molecule has 0 atom stereocenters. The summed E-state index contributed by atoms with van der Waals surface area (Å²) in [6, 6.07) is 5.69. The molecule has 0 fully saturated rings. The molecule has 0 unspecified atom stereocenters. The first-order chi connectivity index (χ1) is 7.65. The molecule has 88 valence electrons. The maximum atomic E-state index is 7.03. The van der Waals surface area contributed by atoms with Crippen LogP contribution in [0.15, 0.2) is 18.2 Å². The molecule has 0 heterocycles. The van der Waals surface area contributed by atoms with Gasteiger partial charge in [-0.1, -0.05) is 0 Å². The van der Waals surface area contributed by atoms with Crippen LogP contribution in [-0.2, 0) is 6.42 Å². The molecule has 0 saturated heterocycles. The first kappa shape index (κ1) is 12.2. The zero-order valence-corrected chi connectivity index (χ0v) is 9.54. The summed E-state index contributed by atoms with van der Waals surface area (Å²) in [5.74, 6) is 1.50. The fourth-order valence-corrected chi connectivity index (χ4v) is 1.35. The van der Waals surface area contributed by atoms with Crippen molar-refractivity contribution in [3.8, 4) is 11.5 Å². The van der Waals surface area contributed by atoms with Crippen molar-refractivity contribution in [2.24, 2.45) is 5.73 Å². The molecule has 0 bridgehead atoms. The second-order valence-corrected chi connectivity index (χ2v) is 3.31. The Morgan fingerprint density at radius 1 is 1.25 bits per heavy atom. The minimum atomic E-state index is -0.0186. The summed E-state index contributed by atoms with van der Waals surface area (Å²) in [5, 5.41) is 9.78. The van der Waals surface area contributed by atoms with Crippen molar-refractivity contribution in [3.63, 3.8) is 0 Å². The van der Waals surface area contributed by atoms with E-state index in [0.717, 1.165) is 23.5 Å². The summed E-state index contributed by atoms with van der Waals surface area (Å²) in [5.41, 5.74) is 6.27. The molecular weight excluding hydrogens is 206 g/mol. The molecule has 1 rings (SSSR count). The summed E-state index contributed by atoms with van der Waals surface area (Å²) in [4.78, 5) is 0. The van der Waals surface area contributed by atoms with Crippen LogP contribution in [0.5, 0.6) is 11.5 Å². The SMILES string of the molecule is COc1cc(CCNC(=N)N)cc(OC)c1. The summed E-state index contributed by atoms with van der Waals surface area (Å²) in [7, 11) is 3.23. The first-order valence-corrected chi connectivity index (χ1v) is 4.95. The van der Waals surface area contributed by atoms with Gasteiger partial charge in [0.05, 0.1) is 14.2 Å². The number of ether oxygens (including phenoxy) is 2.